The third-order valence-electron chi connectivity index (χ3n) is 3.62. The highest BCUT2D eigenvalue weighted by Gasteiger charge is 2.16. The molecule has 0 saturated carbocycles. The van der Waals surface area contributed by atoms with E-state index in [9.17, 15) is 13.6 Å². The minimum Gasteiger partial charge on any atom is -0.481 e. The van der Waals surface area contributed by atoms with E-state index in [1.807, 2.05) is 0 Å². The molecule has 0 aliphatic rings. The first kappa shape index (κ1) is 19.8. The molecule has 1 atom stereocenters. The van der Waals surface area contributed by atoms with Crippen molar-refractivity contribution in [2.75, 3.05) is 0 Å². The number of aromatic nitrogens is 5. The smallest absolute Gasteiger partial charge is 0.304 e. The molecule has 0 aliphatic carbocycles. The van der Waals surface area contributed by atoms with Crippen molar-refractivity contribution in [2.45, 2.75) is 19.0 Å². The fourth-order valence-electron chi connectivity index (χ4n) is 2.34. The van der Waals surface area contributed by atoms with Crippen LogP contribution in [0.1, 0.15) is 12.0 Å². The molecule has 0 aliphatic heterocycles. The monoisotopic (exact) mass is 401 g/mol. The van der Waals surface area contributed by atoms with Crippen molar-refractivity contribution >= 4 is 5.97 Å². The van der Waals surface area contributed by atoms with Crippen LogP contribution in [-0.2, 0) is 11.3 Å². The summed E-state index contributed by atoms with van der Waals surface area (Å²) in [7, 11) is 0. The Hall–Kier alpha value is -3.98. The molecule has 0 amide bonds. The third-order valence-corrected chi connectivity index (χ3v) is 3.62. The summed E-state index contributed by atoms with van der Waals surface area (Å²) in [5, 5.41) is 28.8. The average Bonchev–Trinajstić information content (AvgIpc) is 3.10. The molecule has 2 heterocycles. The second-order valence-electron chi connectivity index (χ2n) is 5.89. The highest BCUT2D eigenvalue weighted by molar-refractivity contribution is 5.67. The summed E-state index contributed by atoms with van der Waals surface area (Å²) in [5.41, 5.74) is 5.68. The summed E-state index contributed by atoms with van der Waals surface area (Å²) >= 11 is 0. The number of carboxylic acid groups (broad SMARTS) is 1. The van der Waals surface area contributed by atoms with Crippen LogP contribution in [0, 0.1) is 23.0 Å². The van der Waals surface area contributed by atoms with Crippen molar-refractivity contribution in [1.82, 2.24) is 25.2 Å². The van der Waals surface area contributed by atoms with Gasteiger partial charge in [0.25, 0.3) is 5.88 Å². The zero-order valence-electron chi connectivity index (χ0n) is 14.7. The maximum absolute atomic E-state index is 14.4. The van der Waals surface area contributed by atoms with Crippen molar-refractivity contribution in [3.63, 3.8) is 0 Å². The summed E-state index contributed by atoms with van der Waals surface area (Å²) < 4.78 is 33.5. The number of tetrazole rings is 1. The Morgan fingerprint density at radius 2 is 2.14 bits per heavy atom. The fraction of sp³-hybridized carbons (Fsp3) is 0.176. The number of pyridine rings is 1. The number of carbonyl (C=O) groups is 1. The maximum atomic E-state index is 14.4. The molecule has 1 aromatic carbocycles. The zero-order chi connectivity index (χ0) is 21.0. The molecule has 3 rings (SSSR count). The first-order valence-corrected chi connectivity index (χ1v) is 8.14. The number of hydrogen-bond acceptors (Lipinski definition) is 8. The number of hydrogen-bond donors (Lipinski definition) is 2. The van der Waals surface area contributed by atoms with Crippen LogP contribution in [0.15, 0.2) is 30.5 Å². The number of carboxylic acids is 1. The van der Waals surface area contributed by atoms with Gasteiger partial charge in [0.15, 0.2) is 5.82 Å². The zero-order valence-corrected chi connectivity index (χ0v) is 14.7. The van der Waals surface area contributed by atoms with Gasteiger partial charge in [-0.3, -0.25) is 4.79 Å². The fourth-order valence-corrected chi connectivity index (χ4v) is 2.34. The van der Waals surface area contributed by atoms with Crippen LogP contribution in [0.2, 0.25) is 0 Å². The summed E-state index contributed by atoms with van der Waals surface area (Å²) in [4.78, 5) is 15.4. The van der Waals surface area contributed by atoms with Gasteiger partial charge >= 0.3 is 5.97 Å². The lowest BCUT2D eigenvalue weighted by atomic mass is 10.2. The number of nitrogens with two attached hydrogens (primary N) is 1. The Morgan fingerprint density at radius 1 is 1.34 bits per heavy atom. The van der Waals surface area contributed by atoms with Crippen molar-refractivity contribution in [3.8, 4) is 29.1 Å². The summed E-state index contributed by atoms with van der Waals surface area (Å²) in [5.74, 6) is -3.17. The molecular formula is C17H13F2N7O3. The quantitative estimate of drug-likeness (QED) is 0.599. The van der Waals surface area contributed by atoms with Gasteiger partial charge in [0, 0.05) is 18.3 Å². The van der Waals surface area contributed by atoms with Gasteiger partial charge in [0.1, 0.15) is 17.6 Å². The number of nitriles is 1. The molecule has 3 N–H and O–H groups in total. The van der Waals surface area contributed by atoms with Crippen LogP contribution in [0.4, 0.5) is 8.78 Å². The number of ether oxygens (including phenoxy) is 1. The van der Waals surface area contributed by atoms with E-state index in [1.54, 1.807) is 6.07 Å². The van der Waals surface area contributed by atoms with Crippen molar-refractivity contribution in [1.29, 1.82) is 5.26 Å². The number of rotatable bonds is 7. The van der Waals surface area contributed by atoms with E-state index < -0.39 is 29.5 Å². The Morgan fingerprint density at radius 3 is 2.79 bits per heavy atom. The molecular weight excluding hydrogens is 388 g/mol. The van der Waals surface area contributed by atoms with Gasteiger partial charge < -0.3 is 15.6 Å². The first-order valence-electron chi connectivity index (χ1n) is 8.14. The second-order valence-corrected chi connectivity index (χ2v) is 5.89. The number of halogens is 2. The lowest BCUT2D eigenvalue weighted by molar-refractivity contribution is -0.137. The van der Waals surface area contributed by atoms with Crippen molar-refractivity contribution < 1.29 is 23.4 Å². The predicted molar refractivity (Wildman–Crippen MR) is 92.4 cm³/mol. The maximum Gasteiger partial charge on any atom is 0.304 e. The molecule has 10 nitrogen and oxygen atoms in total. The predicted octanol–water partition coefficient (Wildman–Crippen LogP) is 1.48. The van der Waals surface area contributed by atoms with Gasteiger partial charge in [-0.2, -0.15) is 10.1 Å². The molecule has 0 spiro atoms. The average molecular weight is 401 g/mol. The number of nitrogens with zero attached hydrogens (tertiary/aromatic N) is 6. The van der Waals surface area contributed by atoms with E-state index in [1.165, 1.54) is 12.1 Å². The van der Waals surface area contributed by atoms with Crippen molar-refractivity contribution in [3.05, 3.63) is 47.7 Å². The normalized spacial score (nSPS) is 11.7. The SMILES string of the molecule is N#Cc1cnc(Oc2ccc(-c3nnn(C[C@@H](N)CC(=O)O)n3)c(F)c2)c(F)c1. The topological polar surface area (TPSA) is 153 Å². The third kappa shape index (κ3) is 4.85. The lowest BCUT2D eigenvalue weighted by Crippen LogP contribution is -2.30. The van der Waals surface area contributed by atoms with Crippen LogP contribution >= 0.6 is 0 Å². The van der Waals surface area contributed by atoms with E-state index in [2.05, 4.69) is 20.4 Å². The second kappa shape index (κ2) is 8.36. The minimum atomic E-state index is -1.06. The first-order chi connectivity index (χ1) is 13.9. The molecule has 12 heteroatoms. The van der Waals surface area contributed by atoms with Crippen LogP contribution in [-0.4, -0.2) is 42.3 Å². The van der Waals surface area contributed by atoms with Crippen LogP contribution in [0.5, 0.6) is 11.6 Å². The number of aliphatic carboxylic acids is 1. The van der Waals surface area contributed by atoms with Crippen molar-refractivity contribution in [2.24, 2.45) is 5.73 Å². The molecule has 0 bridgehead atoms. The van der Waals surface area contributed by atoms with E-state index in [0.29, 0.717) is 0 Å². The van der Waals surface area contributed by atoms with Crippen LogP contribution in [0.25, 0.3) is 11.4 Å². The molecule has 0 unspecified atom stereocenters. The highest BCUT2D eigenvalue weighted by Crippen LogP contribution is 2.27. The minimum absolute atomic E-state index is 0.00339. The van der Waals surface area contributed by atoms with E-state index in [-0.39, 0.29) is 35.7 Å². The standard InChI is InChI=1S/C17H13F2N7O3/c18-13-5-11(29-17-14(19)3-9(6-20)7-22-17)1-2-12(13)16-23-25-26(24-16)8-10(21)4-15(27)28/h1-3,5,7,10H,4,8,21H2,(H,27,28)/t10-/m0/s1. The molecule has 2 aromatic heterocycles. The number of benzene rings is 1. The molecule has 29 heavy (non-hydrogen) atoms. The van der Waals surface area contributed by atoms with E-state index in [0.717, 1.165) is 23.1 Å². The molecule has 3 aromatic rings. The van der Waals surface area contributed by atoms with Gasteiger partial charge in [-0.15, -0.1) is 10.2 Å². The van der Waals surface area contributed by atoms with Crippen LogP contribution < -0.4 is 10.5 Å². The molecule has 0 saturated heterocycles. The summed E-state index contributed by atoms with van der Waals surface area (Å²) in [6, 6.07) is 5.61. The Kier molecular flexibility index (Phi) is 5.70. The lowest BCUT2D eigenvalue weighted by Gasteiger charge is -2.07. The van der Waals surface area contributed by atoms with E-state index in [4.69, 9.17) is 20.8 Å². The molecule has 148 valence electrons. The Balaban J connectivity index is 1.75. The van der Waals surface area contributed by atoms with Gasteiger partial charge in [-0.25, -0.2) is 13.8 Å². The van der Waals surface area contributed by atoms with Crippen LogP contribution in [0.3, 0.4) is 0 Å². The Bertz CT molecular complexity index is 1100. The summed E-state index contributed by atoms with van der Waals surface area (Å²) in [6.07, 6.45) is 0.845. The van der Waals surface area contributed by atoms with Gasteiger partial charge in [-0.1, -0.05) is 0 Å². The molecule has 0 radical (unpaired) electrons. The van der Waals surface area contributed by atoms with Gasteiger partial charge in [-0.05, 0) is 23.4 Å². The highest BCUT2D eigenvalue weighted by atomic mass is 19.1. The summed E-state index contributed by atoms with van der Waals surface area (Å²) in [6.45, 7) is -0.00818. The van der Waals surface area contributed by atoms with Gasteiger partial charge in [0.2, 0.25) is 5.82 Å². The largest absolute Gasteiger partial charge is 0.481 e. The van der Waals surface area contributed by atoms with Gasteiger partial charge in [0.05, 0.1) is 24.1 Å². The Labute approximate surface area is 162 Å². The molecule has 0 fully saturated rings. The van der Waals surface area contributed by atoms with E-state index >= 15 is 0 Å².